The number of nitrogens with one attached hydrogen (secondary N) is 2. The van der Waals surface area contributed by atoms with Gasteiger partial charge in [0.25, 0.3) is 5.91 Å². The predicted molar refractivity (Wildman–Crippen MR) is 113 cm³/mol. The van der Waals surface area contributed by atoms with Crippen LogP contribution >= 0.6 is 0 Å². The van der Waals surface area contributed by atoms with Gasteiger partial charge in [-0.2, -0.15) is 0 Å². The Morgan fingerprint density at radius 1 is 1.03 bits per heavy atom. The lowest BCUT2D eigenvalue weighted by Gasteiger charge is -2.31. The molecule has 0 spiro atoms. The monoisotopic (exact) mass is 391 g/mol. The van der Waals surface area contributed by atoms with E-state index in [-0.39, 0.29) is 23.6 Å². The molecule has 2 aromatic rings. The fraction of sp³-hybridized carbons (Fsp3) is 0.261. The molecule has 0 saturated carbocycles. The normalized spacial score (nSPS) is 16.4. The van der Waals surface area contributed by atoms with Gasteiger partial charge in [0.05, 0.1) is 5.92 Å². The van der Waals surface area contributed by atoms with Gasteiger partial charge in [-0.05, 0) is 48.7 Å². The Kier molecular flexibility index (Phi) is 6.79. The SMILES string of the molecule is CNC(=O)c1ccc(/C=C/C(=O)N2CCCC(C(=O)Nc3ccccc3)C2)cc1. The minimum atomic E-state index is -0.215. The molecular formula is C23H25N3O3. The number of anilines is 1. The first-order chi connectivity index (χ1) is 14.1. The summed E-state index contributed by atoms with van der Waals surface area (Å²) in [7, 11) is 1.58. The molecule has 1 fully saturated rings. The van der Waals surface area contributed by atoms with Crippen LogP contribution in [0.1, 0.15) is 28.8 Å². The van der Waals surface area contributed by atoms with Gasteiger partial charge in [-0.25, -0.2) is 0 Å². The zero-order valence-corrected chi connectivity index (χ0v) is 16.4. The van der Waals surface area contributed by atoms with E-state index in [0.29, 0.717) is 18.7 Å². The molecule has 150 valence electrons. The van der Waals surface area contributed by atoms with Crippen molar-refractivity contribution in [3.05, 3.63) is 71.8 Å². The van der Waals surface area contributed by atoms with E-state index in [4.69, 9.17) is 0 Å². The van der Waals surface area contributed by atoms with Gasteiger partial charge < -0.3 is 15.5 Å². The Balaban J connectivity index is 1.57. The van der Waals surface area contributed by atoms with Gasteiger partial charge in [0.2, 0.25) is 11.8 Å². The fourth-order valence-corrected chi connectivity index (χ4v) is 3.32. The quantitative estimate of drug-likeness (QED) is 0.770. The Morgan fingerprint density at radius 2 is 1.76 bits per heavy atom. The first kappa shape index (κ1) is 20.3. The molecule has 1 aliphatic rings. The molecule has 0 aliphatic carbocycles. The second-order valence-corrected chi connectivity index (χ2v) is 7.01. The molecule has 2 aromatic carbocycles. The Bertz CT molecular complexity index is 891. The molecule has 29 heavy (non-hydrogen) atoms. The molecule has 1 atom stereocenters. The zero-order valence-electron chi connectivity index (χ0n) is 16.4. The van der Waals surface area contributed by atoms with Crippen molar-refractivity contribution in [3.8, 4) is 0 Å². The first-order valence-electron chi connectivity index (χ1n) is 9.72. The highest BCUT2D eigenvalue weighted by Gasteiger charge is 2.27. The van der Waals surface area contributed by atoms with Crippen molar-refractivity contribution in [1.29, 1.82) is 0 Å². The second-order valence-electron chi connectivity index (χ2n) is 7.01. The lowest BCUT2D eigenvalue weighted by molar-refractivity contribution is -0.130. The number of para-hydroxylation sites is 1. The molecule has 3 rings (SSSR count). The number of rotatable bonds is 5. The van der Waals surface area contributed by atoms with Gasteiger partial charge in [0.1, 0.15) is 0 Å². The third-order valence-electron chi connectivity index (χ3n) is 4.96. The van der Waals surface area contributed by atoms with Crippen LogP contribution in [0.3, 0.4) is 0 Å². The van der Waals surface area contributed by atoms with Crippen LogP contribution in [0.2, 0.25) is 0 Å². The third kappa shape index (κ3) is 5.54. The summed E-state index contributed by atoms with van der Waals surface area (Å²) in [6.07, 6.45) is 4.82. The number of carbonyl (C=O) groups excluding carboxylic acids is 3. The van der Waals surface area contributed by atoms with Crippen molar-refractivity contribution in [2.45, 2.75) is 12.8 Å². The van der Waals surface area contributed by atoms with E-state index < -0.39 is 0 Å². The standard InChI is InChI=1S/C23H25N3O3/c1-24-22(28)18-12-9-17(10-13-18)11-14-21(27)26-15-5-6-19(16-26)23(29)25-20-7-3-2-4-8-20/h2-4,7-14,19H,5-6,15-16H2,1H3,(H,24,28)(H,25,29)/b14-11+. The van der Waals surface area contributed by atoms with Gasteiger partial charge in [0, 0.05) is 37.5 Å². The highest BCUT2D eigenvalue weighted by Crippen LogP contribution is 2.19. The maximum absolute atomic E-state index is 12.6. The number of carbonyl (C=O) groups is 3. The van der Waals surface area contributed by atoms with E-state index in [1.54, 1.807) is 42.3 Å². The molecule has 1 heterocycles. The lowest BCUT2D eigenvalue weighted by atomic mass is 9.97. The fourth-order valence-electron chi connectivity index (χ4n) is 3.32. The van der Waals surface area contributed by atoms with E-state index in [0.717, 1.165) is 24.1 Å². The van der Waals surface area contributed by atoms with Crippen molar-refractivity contribution in [3.63, 3.8) is 0 Å². The van der Waals surface area contributed by atoms with E-state index >= 15 is 0 Å². The smallest absolute Gasteiger partial charge is 0.251 e. The van der Waals surface area contributed by atoms with Crippen molar-refractivity contribution in [1.82, 2.24) is 10.2 Å². The Morgan fingerprint density at radius 3 is 2.45 bits per heavy atom. The highest BCUT2D eigenvalue weighted by molar-refractivity contribution is 5.96. The maximum atomic E-state index is 12.6. The summed E-state index contributed by atoms with van der Waals surface area (Å²) >= 11 is 0. The number of hydrogen-bond acceptors (Lipinski definition) is 3. The van der Waals surface area contributed by atoms with E-state index in [2.05, 4.69) is 10.6 Å². The number of nitrogens with zero attached hydrogens (tertiary/aromatic N) is 1. The molecular weight excluding hydrogens is 366 g/mol. The summed E-state index contributed by atoms with van der Waals surface area (Å²) in [5.74, 6) is -0.530. The number of hydrogen-bond donors (Lipinski definition) is 2. The summed E-state index contributed by atoms with van der Waals surface area (Å²) in [6, 6.07) is 16.4. The molecule has 0 radical (unpaired) electrons. The summed E-state index contributed by atoms with van der Waals surface area (Å²) < 4.78 is 0. The van der Waals surface area contributed by atoms with Crippen LogP contribution in [-0.4, -0.2) is 42.8 Å². The van der Waals surface area contributed by atoms with E-state index in [9.17, 15) is 14.4 Å². The molecule has 2 N–H and O–H groups in total. The van der Waals surface area contributed by atoms with Crippen LogP contribution in [0.15, 0.2) is 60.7 Å². The molecule has 0 aromatic heterocycles. The molecule has 6 heteroatoms. The van der Waals surface area contributed by atoms with E-state index in [1.807, 2.05) is 30.3 Å². The molecule has 3 amide bonds. The van der Waals surface area contributed by atoms with Crippen LogP contribution < -0.4 is 10.6 Å². The van der Waals surface area contributed by atoms with Crippen molar-refractivity contribution in [2.24, 2.45) is 5.92 Å². The van der Waals surface area contributed by atoms with Crippen LogP contribution in [0.25, 0.3) is 6.08 Å². The Hall–Kier alpha value is -3.41. The van der Waals surface area contributed by atoms with Gasteiger partial charge in [-0.15, -0.1) is 0 Å². The molecule has 6 nitrogen and oxygen atoms in total. The van der Waals surface area contributed by atoms with Gasteiger partial charge in [0.15, 0.2) is 0 Å². The topological polar surface area (TPSA) is 78.5 Å². The molecule has 1 aliphatic heterocycles. The van der Waals surface area contributed by atoms with Gasteiger partial charge in [-0.3, -0.25) is 14.4 Å². The summed E-state index contributed by atoms with van der Waals surface area (Å²) in [5.41, 5.74) is 2.17. The summed E-state index contributed by atoms with van der Waals surface area (Å²) in [6.45, 7) is 1.06. The summed E-state index contributed by atoms with van der Waals surface area (Å²) in [5, 5.41) is 5.49. The number of piperidine rings is 1. The number of likely N-dealkylation sites (tertiary alicyclic amines) is 1. The minimum absolute atomic E-state index is 0.0533. The van der Waals surface area contributed by atoms with Crippen LogP contribution in [0.5, 0.6) is 0 Å². The molecule has 1 saturated heterocycles. The van der Waals surface area contributed by atoms with Crippen LogP contribution in [-0.2, 0) is 9.59 Å². The van der Waals surface area contributed by atoms with Crippen molar-refractivity contribution < 1.29 is 14.4 Å². The van der Waals surface area contributed by atoms with E-state index in [1.165, 1.54) is 6.08 Å². The average Bonchev–Trinajstić information content (AvgIpc) is 2.78. The number of benzene rings is 2. The maximum Gasteiger partial charge on any atom is 0.251 e. The lowest BCUT2D eigenvalue weighted by Crippen LogP contribution is -2.43. The zero-order chi connectivity index (χ0) is 20.6. The van der Waals surface area contributed by atoms with Gasteiger partial charge in [-0.1, -0.05) is 30.3 Å². The number of amides is 3. The highest BCUT2D eigenvalue weighted by atomic mass is 16.2. The summed E-state index contributed by atoms with van der Waals surface area (Å²) in [4.78, 5) is 38.4. The van der Waals surface area contributed by atoms with Crippen LogP contribution in [0, 0.1) is 5.92 Å². The van der Waals surface area contributed by atoms with Crippen molar-refractivity contribution in [2.75, 3.05) is 25.5 Å². The molecule has 1 unspecified atom stereocenters. The first-order valence-corrected chi connectivity index (χ1v) is 9.72. The third-order valence-corrected chi connectivity index (χ3v) is 4.96. The Labute approximate surface area is 170 Å². The minimum Gasteiger partial charge on any atom is -0.355 e. The van der Waals surface area contributed by atoms with Gasteiger partial charge >= 0.3 is 0 Å². The predicted octanol–water partition coefficient (Wildman–Crippen LogP) is 2.94. The molecule has 0 bridgehead atoms. The second kappa shape index (κ2) is 9.68. The average molecular weight is 391 g/mol. The largest absolute Gasteiger partial charge is 0.355 e. The van der Waals surface area contributed by atoms with Crippen molar-refractivity contribution >= 4 is 29.5 Å². The van der Waals surface area contributed by atoms with Crippen LogP contribution in [0.4, 0.5) is 5.69 Å².